The largest absolute Gasteiger partial charge is 0.494 e. The summed E-state index contributed by atoms with van der Waals surface area (Å²) in [6.45, 7) is 16.1. The number of hydrogen-bond donors (Lipinski definition) is 0. The zero-order chi connectivity index (χ0) is 22.4. The van der Waals surface area contributed by atoms with Crippen LogP contribution in [0.15, 0.2) is 48.5 Å². The minimum Gasteiger partial charge on any atom is -0.494 e. The molecule has 3 nitrogen and oxygen atoms in total. The van der Waals surface area contributed by atoms with Gasteiger partial charge in [-0.2, -0.15) is 0 Å². The summed E-state index contributed by atoms with van der Waals surface area (Å²) in [6, 6.07) is 16.8. The third-order valence-electron chi connectivity index (χ3n) is 7.62. The lowest BCUT2D eigenvalue weighted by Crippen LogP contribution is -2.46. The van der Waals surface area contributed by atoms with Crippen LogP contribution in [0.1, 0.15) is 63.5 Å². The van der Waals surface area contributed by atoms with E-state index in [0.717, 1.165) is 37.2 Å². The van der Waals surface area contributed by atoms with Crippen molar-refractivity contribution in [3.8, 4) is 5.75 Å². The van der Waals surface area contributed by atoms with E-state index < -0.39 is 0 Å². The van der Waals surface area contributed by atoms with Gasteiger partial charge in [0.25, 0.3) is 0 Å². The van der Waals surface area contributed by atoms with Crippen LogP contribution in [0.3, 0.4) is 0 Å². The van der Waals surface area contributed by atoms with E-state index in [1.54, 1.807) is 11.1 Å². The maximum absolute atomic E-state index is 7.03. The SMILES string of the molecule is [C-]#[N+]c1ccc(OCCCN2CCC(C3(CC(C)C)CCCc4ccccc43)CC2)cc1. The number of benzene rings is 2. The van der Waals surface area contributed by atoms with Crippen molar-refractivity contribution in [2.24, 2.45) is 11.8 Å². The standard InChI is InChI=1S/C29H38N2O/c1-23(2)22-29(17-6-9-24-8-4-5-10-28(24)29)25-15-19-31(20-16-25)18-7-21-32-27-13-11-26(30-3)12-14-27/h4-5,8,10-14,23,25H,6-7,9,15-22H2,1-2H3. The Morgan fingerprint density at radius 2 is 1.84 bits per heavy atom. The molecule has 1 unspecified atom stereocenters. The predicted molar refractivity (Wildman–Crippen MR) is 132 cm³/mol. The van der Waals surface area contributed by atoms with Gasteiger partial charge in [-0.1, -0.05) is 50.2 Å². The molecule has 1 heterocycles. The molecule has 3 heteroatoms. The first-order valence-corrected chi connectivity index (χ1v) is 12.5. The summed E-state index contributed by atoms with van der Waals surface area (Å²) in [7, 11) is 0. The molecule has 170 valence electrons. The van der Waals surface area contributed by atoms with Gasteiger partial charge in [-0.25, -0.2) is 4.85 Å². The van der Waals surface area contributed by atoms with Crippen LogP contribution in [0.2, 0.25) is 0 Å². The molecule has 1 saturated heterocycles. The highest BCUT2D eigenvalue weighted by molar-refractivity contribution is 5.47. The first-order valence-electron chi connectivity index (χ1n) is 12.5. The lowest BCUT2D eigenvalue weighted by molar-refractivity contribution is 0.0957. The van der Waals surface area contributed by atoms with Gasteiger partial charge in [0.2, 0.25) is 0 Å². The molecular weight excluding hydrogens is 392 g/mol. The van der Waals surface area contributed by atoms with Gasteiger partial charge >= 0.3 is 0 Å². The molecule has 0 amide bonds. The van der Waals surface area contributed by atoms with Crippen molar-refractivity contribution >= 4 is 5.69 Å². The van der Waals surface area contributed by atoms with Crippen molar-refractivity contribution in [3.05, 3.63) is 71.1 Å². The van der Waals surface area contributed by atoms with Crippen LogP contribution in [-0.2, 0) is 11.8 Å². The van der Waals surface area contributed by atoms with E-state index in [0.29, 0.717) is 11.1 Å². The fraction of sp³-hybridized carbons (Fsp3) is 0.552. The van der Waals surface area contributed by atoms with Crippen molar-refractivity contribution in [1.29, 1.82) is 0 Å². The second-order valence-electron chi connectivity index (χ2n) is 10.2. The van der Waals surface area contributed by atoms with Crippen molar-refractivity contribution in [2.75, 3.05) is 26.2 Å². The minimum atomic E-state index is 0.385. The molecule has 1 atom stereocenters. The van der Waals surface area contributed by atoms with Crippen LogP contribution in [0.25, 0.3) is 4.85 Å². The van der Waals surface area contributed by atoms with Gasteiger partial charge in [0.1, 0.15) is 5.75 Å². The highest BCUT2D eigenvalue weighted by Crippen LogP contribution is 2.50. The summed E-state index contributed by atoms with van der Waals surface area (Å²) < 4.78 is 5.88. The molecule has 2 aromatic rings. The van der Waals surface area contributed by atoms with Crippen molar-refractivity contribution in [2.45, 2.75) is 64.2 Å². The van der Waals surface area contributed by atoms with Gasteiger partial charge in [0.15, 0.2) is 5.69 Å². The quantitative estimate of drug-likeness (QED) is 0.330. The maximum Gasteiger partial charge on any atom is 0.187 e. The number of likely N-dealkylation sites (tertiary alicyclic amines) is 1. The molecule has 0 spiro atoms. The molecular formula is C29H38N2O. The van der Waals surface area contributed by atoms with E-state index in [2.05, 4.69) is 47.9 Å². The maximum atomic E-state index is 7.03. The number of rotatable bonds is 8. The first-order chi connectivity index (χ1) is 15.6. The highest BCUT2D eigenvalue weighted by Gasteiger charge is 2.44. The third kappa shape index (κ3) is 5.18. The Kier molecular flexibility index (Phi) is 7.53. The van der Waals surface area contributed by atoms with Crippen LogP contribution >= 0.6 is 0 Å². The lowest BCUT2D eigenvalue weighted by Gasteiger charge is -2.49. The Morgan fingerprint density at radius 1 is 1.09 bits per heavy atom. The molecule has 1 aliphatic carbocycles. The third-order valence-corrected chi connectivity index (χ3v) is 7.62. The highest BCUT2D eigenvalue weighted by atomic mass is 16.5. The Balaban J connectivity index is 1.30. The molecule has 2 aromatic carbocycles. The number of hydrogen-bond acceptors (Lipinski definition) is 2. The van der Waals surface area contributed by atoms with Gasteiger partial charge in [-0.15, -0.1) is 0 Å². The van der Waals surface area contributed by atoms with Gasteiger partial charge in [0, 0.05) is 6.54 Å². The molecule has 4 rings (SSSR count). The van der Waals surface area contributed by atoms with Crippen LogP contribution in [-0.4, -0.2) is 31.1 Å². The van der Waals surface area contributed by atoms with Gasteiger partial charge < -0.3 is 9.64 Å². The van der Waals surface area contributed by atoms with Gasteiger partial charge in [-0.3, -0.25) is 0 Å². The fourth-order valence-electron chi connectivity index (χ4n) is 6.29. The summed E-state index contributed by atoms with van der Waals surface area (Å²) in [5.74, 6) is 2.41. The molecule has 0 saturated carbocycles. The molecule has 32 heavy (non-hydrogen) atoms. The van der Waals surface area contributed by atoms with E-state index in [1.165, 1.54) is 51.6 Å². The number of piperidine rings is 1. The van der Waals surface area contributed by atoms with Crippen molar-refractivity contribution in [3.63, 3.8) is 0 Å². The normalized spacial score (nSPS) is 21.8. The minimum absolute atomic E-state index is 0.385. The second kappa shape index (κ2) is 10.5. The average molecular weight is 431 g/mol. The molecule has 0 radical (unpaired) electrons. The zero-order valence-electron chi connectivity index (χ0n) is 19.9. The van der Waals surface area contributed by atoms with Crippen LogP contribution in [0.5, 0.6) is 5.75 Å². The number of nitrogens with zero attached hydrogens (tertiary/aromatic N) is 2. The Bertz CT molecular complexity index is 905. The van der Waals surface area contributed by atoms with E-state index in [9.17, 15) is 0 Å². The first kappa shape index (κ1) is 22.9. The average Bonchev–Trinajstić information content (AvgIpc) is 2.82. The summed E-state index contributed by atoms with van der Waals surface area (Å²) in [5, 5.41) is 0. The Labute approximate surface area is 194 Å². The predicted octanol–water partition coefficient (Wildman–Crippen LogP) is 7.04. The molecule has 0 bridgehead atoms. The topological polar surface area (TPSA) is 16.8 Å². The summed E-state index contributed by atoms with van der Waals surface area (Å²) in [4.78, 5) is 6.07. The van der Waals surface area contributed by atoms with Crippen molar-refractivity contribution < 1.29 is 4.74 Å². The summed E-state index contributed by atoms with van der Waals surface area (Å²) >= 11 is 0. The molecule has 2 aliphatic rings. The van der Waals surface area contributed by atoms with Crippen LogP contribution < -0.4 is 4.74 Å². The molecule has 0 N–H and O–H groups in total. The smallest absolute Gasteiger partial charge is 0.187 e. The van der Waals surface area contributed by atoms with E-state index >= 15 is 0 Å². The Morgan fingerprint density at radius 3 is 2.56 bits per heavy atom. The molecule has 1 fully saturated rings. The monoisotopic (exact) mass is 430 g/mol. The molecule has 1 aliphatic heterocycles. The van der Waals surface area contributed by atoms with Crippen LogP contribution in [0, 0.1) is 18.4 Å². The van der Waals surface area contributed by atoms with E-state index in [4.69, 9.17) is 11.3 Å². The second-order valence-corrected chi connectivity index (χ2v) is 10.2. The van der Waals surface area contributed by atoms with Crippen molar-refractivity contribution in [1.82, 2.24) is 4.90 Å². The fourth-order valence-corrected chi connectivity index (χ4v) is 6.29. The lowest BCUT2D eigenvalue weighted by atomic mass is 9.57. The van der Waals surface area contributed by atoms with E-state index in [-0.39, 0.29) is 0 Å². The number of aryl methyl sites for hydroxylation is 1. The van der Waals surface area contributed by atoms with E-state index in [1.807, 2.05) is 24.3 Å². The number of fused-ring (bicyclic) bond motifs is 1. The Hall–Kier alpha value is -2.31. The van der Waals surface area contributed by atoms with Gasteiger partial charge in [-0.05, 0) is 98.5 Å². The summed E-state index contributed by atoms with van der Waals surface area (Å²) in [5.41, 5.74) is 4.34. The van der Waals surface area contributed by atoms with Gasteiger partial charge in [0.05, 0.1) is 13.2 Å². The van der Waals surface area contributed by atoms with Crippen LogP contribution in [0.4, 0.5) is 5.69 Å². The number of ether oxygens (including phenoxy) is 1. The summed E-state index contributed by atoms with van der Waals surface area (Å²) in [6.07, 6.45) is 8.99. The zero-order valence-corrected chi connectivity index (χ0v) is 19.9. The molecule has 0 aromatic heterocycles.